The second kappa shape index (κ2) is 5.09. The molecule has 0 aliphatic rings. The normalized spacial score (nSPS) is 11.4. The number of Topliss-reactive ketones (excluding diaryl/α,β-unsaturated/α-hetero) is 1. The van der Waals surface area contributed by atoms with Gasteiger partial charge in [0, 0.05) is 17.5 Å². The lowest BCUT2D eigenvalue weighted by atomic mass is 10.1. The van der Waals surface area contributed by atoms with E-state index in [1.54, 1.807) is 6.92 Å². The third-order valence-electron chi connectivity index (χ3n) is 4.26. The Kier molecular flexibility index (Phi) is 3.05. The lowest BCUT2D eigenvalue weighted by Crippen LogP contribution is -1.95. The number of aryl methyl sites for hydroxylation is 1. The summed E-state index contributed by atoms with van der Waals surface area (Å²) in [6, 6.07) is 13.9. The van der Waals surface area contributed by atoms with Gasteiger partial charge in [0.1, 0.15) is 0 Å². The van der Waals surface area contributed by atoms with Crippen LogP contribution in [-0.4, -0.2) is 20.2 Å². The minimum Gasteiger partial charge on any atom is -0.338 e. The summed E-state index contributed by atoms with van der Waals surface area (Å²) in [6.45, 7) is 3.70. The van der Waals surface area contributed by atoms with E-state index in [1.807, 2.05) is 30.3 Å². The summed E-state index contributed by atoms with van der Waals surface area (Å²) in [6.07, 6.45) is 2.96. The number of aromatic nitrogens is 3. The lowest BCUT2D eigenvalue weighted by Gasteiger charge is -2.02. The molecule has 3 heterocycles. The lowest BCUT2D eigenvalue weighted by molar-refractivity contribution is 0.101. The molecule has 23 heavy (non-hydrogen) atoms. The van der Waals surface area contributed by atoms with Crippen LogP contribution in [0.5, 0.6) is 0 Å². The average Bonchev–Trinajstić information content (AvgIpc) is 3.20. The summed E-state index contributed by atoms with van der Waals surface area (Å²) in [5.74, 6) is 0.0801. The van der Waals surface area contributed by atoms with E-state index >= 15 is 0 Å². The van der Waals surface area contributed by atoms with Crippen LogP contribution < -0.4 is 0 Å². The van der Waals surface area contributed by atoms with Gasteiger partial charge in [0.2, 0.25) is 0 Å². The summed E-state index contributed by atoms with van der Waals surface area (Å²) in [5, 5.41) is 0. The highest BCUT2D eigenvalue weighted by Gasteiger charge is 2.11. The molecule has 4 heteroatoms. The predicted molar refractivity (Wildman–Crippen MR) is 91.9 cm³/mol. The van der Waals surface area contributed by atoms with Crippen LogP contribution in [0, 0.1) is 0 Å². The smallest absolute Gasteiger partial charge is 0.159 e. The second-order valence-corrected chi connectivity index (χ2v) is 5.73. The Hall–Kier alpha value is -2.88. The third kappa shape index (κ3) is 2.14. The number of rotatable bonds is 3. The maximum Gasteiger partial charge on any atom is 0.159 e. The number of benzene rings is 1. The van der Waals surface area contributed by atoms with Crippen molar-refractivity contribution >= 4 is 22.5 Å². The van der Waals surface area contributed by atoms with Crippen molar-refractivity contribution < 1.29 is 4.79 Å². The summed E-state index contributed by atoms with van der Waals surface area (Å²) < 4.78 is 2.17. The van der Waals surface area contributed by atoms with E-state index in [4.69, 9.17) is 4.98 Å². The van der Waals surface area contributed by atoms with Crippen LogP contribution >= 0.6 is 0 Å². The topological polar surface area (TPSA) is 50.2 Å². The van der Waals surface area contributed by atoms with E-state index in [1.165, 1.54) is 0 Å². The van der Waals surface area contributed by atoms with Gasteiger partial charge >= 0.3 is 0 Å². The van der Waals surface area contributed by atoms with Crippen LogP contribution in [0.3, 0.4) is 0 Å². The summed E-state index contributed by atoms with van der Waals surface area (Å²) >= 11 is 0. The standard InChI is InChI=1S/C19H17N3O/c1-3-15-17-5-4-10-22(17)18-11-16(21-19(18)20-15)14-8-6-13(7-9-14)12(2)23/h4-11,21H,3H2,1-2H3. The Balaban J connectivity index is 1.90. The number of fused-ring (bicyclic) bond motifs is 3. The van der Waals surface area contributed by atoms with Gasteiger partial charge in [0.15, 0.2) is 11.4 Å². The molecular weight excluding hydrogens is 286 g/mol. The highest BCUT2D eigenvalue weighted by atomic mass is 16.1. The first kappa shape index (κ1) is 13.8. The van der Waals surface area contributed by atoms with E-state index in [2.05, 4.69) is 34.6 Å². The van der Waals surface area contributed by atoms with Crippen molar-refractivity contribution in [3.8, 4) is 11.3 Å². The molecule has 0 spiro atoms. The molecule has 0 bridgehead atoms. The molecule has 1 aromatic carbocycles. The average molecular weight is 303 g/mol. The quantitative estimate of drug-likeness (QED) is 0.575. The van der Waals surface area contributed by atoms with E-state index in [9.17, 15) is 4.79 Å². The van der Waals surface area contributed by atoms with Crippen LogP contribution in [0.4, 0.5) is 0 Å². The van der Waals surface area contributed by atoms with Gasteiger partial charge in [0.25, 0.3) is 0 Å². The Bertz CT molecular complexity index is 1020. The number of nitrogens with zero attached hydrogens (tertiary/aromatic N) is 2. The number of nitrogens with one attached hydrogen (secondary N) is 1. The molecule has 0 saturated heterocycles. The van der Waals surface area contributed by atoms with Gasteiger partial charge in [-0.2, -0.15) is 0 Å². The number of ketones is 1. The van der Waals surface area contributed by atoms with Crippen molar-refractivity contribution in [3.63, 3.8) is 0 Å². The van der Waals surface area contributed by atoms with E-state index < -0.39 is 0 Å². The minimum absolute atomic E-state index is 0.0801. The summed E-state index contributed by atoms with van der Waals surface area (Å²) in [4.78, 5) is 19.6. The van der Waals surface area contributed by atoms with Gasteiger partial charge in [0.05, 0.1) is 16.7 Å². The molecule has 1 N–H and O–H groups in total. The molecule has 114 valence electrons. The zero-order chi connectivity index (χ0) is 16.0. The number of hydrogen-bond acceptors (Lipinski definition) is 2. The number of hydrogen-bond donors (Lipinski definition) is 1. The van der Waals surface area contributed by atoms with E-state index in [-0.39, 0.29) is 5.78 Å². The van der Waals surface area contributed by atoms with Gasteiger partial charge in [-0.25, -0.2) is 4.98 Å². The first-order chi connectivity index (χ1) is 11.2. The molecule has 4 nitrogen and oxygen atoms in total. The van der Waals surface area contributed by atoms with Gasteiger partial charge in [-0.15, -0.1) is 0 Å². The maximum absolute atomic E-state index is 11.4. The molecule has 0 atom stereocenters. The Morgan fingerprint density at radius 1 is 1.17 bits per heavy atom. The van der Waals surface area contributed by atoms with Gasteiger partial charge in [-0.3, -0.25) is 4.79 Å². The fraction of sp³-hybridized carbons (Fsp3) is 0.158. The summed E-state index contributed by atoms with van der Waals surface area (Å²) in [7, 11) is 0. The SMILES string of the molecule is CCc1nc2[nH]c(-c3ccc(C(C)=O)cc3)cc2n2cccc12. The number of H-pyrrole nitrogens is 1. The fourth-order valence-electron chi connectivity index (χ4n) is 3.02. The first-order valence-corrected chi connectivity index (χ1v) is 7.77. The molecule has 0 fully saturated rings. The molecule has 0 aliphatic carbocycles. The molecule has 0 aliphatic heterocycles. The van der Waals surface area contributed by atoms with Gasteiger partial charge in [-0.05, 0) is 37.1 Å². The zero-order valence-electron chi connectivity index (χ0n) is 13.1. The van der Waals surface area contributed by atoms with E-state index in [0.29, 0.717) is 0 Å². The molecule has 0 unspecified atom stereocenters. The largest absolute Gasteiger partial charge is 0.338 e. The minimum atomic E-state index is 0.0801. The monoisotopic (exact) mass is 303 g/mol. The van der Waals surface area contributed by atoms with Crippen molar-refractivity contribution in [2.45, 2.75) is 20.3 Å². The highest BCUT2D eigenvalue weighted by Crippen LogP contribution is 2.26. The molecule has 3 aromatic heterocycles. The second-order valence-electron chi connectivity index (χ2n) is 5.73. The van der Waals surface area contributed by atoms with Crippen LogP contribution in [0.2, 0.25) is 0 Å². The third-order valence-corrected chi connectivity index (χ3v) is 4.26. The fourth-order valence-corrected chi connectivity index (χ4v) is 3.02. The van der Waals surface area contributed by atoms with Crippen molar-refractivity contribution in [1.29, 1.82) is 0 Å². The molecule has 4 rings (SSSR count). The Labute approximate surface area is 133 Å². The molecule has 0 radical (unpaired) electrons. The van der Waals surface area contributed by atoms with Crippen LogP contribution in [-0.2, 0) is 6.42 Å². The first-order valence-electron chi connectivity index (χ1n) is 7.77. The van der Waals surface area contributed by atoms with Crippen LogP contribution in [0.15, 0.2) is 48.7 Å². The number of carbonyl (C=O) groups is 1. The van der Waals surface area contributed by atoms with Gasteiger partial charge < -0.3 is 9.38 Å². The predicted octanol–water partition coefficient (Wildman–Crippen LogP) is 4.25. The Morgan fingerprint density at radius 3 is 2.65 bits per heavy atom. The van der Waals surface area contributed by atoms with Crippen molar-refractivity contribution in [2.24, 2.45) is 0 Å². The van der Waals surface area contributed by atoms with Gasteiger partial charge in [-0.1, -0.05) is 31.2 Å². The molecule has 0 saturated carbocycles. The molecule has 0 amide bonds. The van der Waals surface area contributed by atoms with Crippen molar-refractivity contribution in [2.75, 3.05) is 0 Å². The van der Waals surface area contributed by atoms with Crippen LogP contribution in [0.1, 0.15) is 29.9 Å². The number of aromatic amines is 1. The van der Waals surface area contributed by atoms with Crippen molar-refractivity contribution in [3.05, 3.63) is 59.9 Å². The summed E-state index contributed by atoms with van der Waals surface area (Å²) in [5.41, 5.74) is 6.96. The van der Waals surface area contributed by atoms with Crippen LogP contribution in [0.25, 0.3) is 27.9 Å². The highest BCUT2D eigenvalue weighted by molar-refractivity contribution is 5.94. The maximum atomic E-state index is 11.4. The number of carbonyl (C=O) groups excluding carboxylic acids is 1. The molecule has 4 aromatic rings. The van der Waals surface area contributed by atoms with E-state index in [0.717, 1.165) is 45.6 Å². The molecular formula is C19H17N3O. The Morgan fingerprint density at radius 2 is 1.96 bits per heavy atom. The van der Waals surface area contributed by atoms with Crippen molar-refractivity contribution in [1.82, 2.24) is 14.4 Å². The zero-order valence-corrected chi connectivity index (χ0v) is 13.1.